The van der Waals surface area contributed by atoms with Gasteiger partial charge >= 0.3 is 0 Å². The van der Waals surface area contributed by atoms with Crippen LogP contribution in [0.2, 0.25) is 0 Å². The third-order valence-corrected chi connectivity index (χ3v) is 3.82. The highest BCUT2D eigenvalue weighted by molar-refractivity contribution is 5.82. The summed E-state index contributed by atoms with van der Waals surface area (Å²) in [5.41, 5.74) is 8.97. The lowest BCUT2D eigenvalue weighted by Crippen LogP contribution is -2.05. The lowest BCUT2D eigenvalue weighted by atomic mass is 10.1. The average molecular weight is 298 g/mol. The summed E-state index contributed by atoms with van der Waals surface area (Å²) in [6.07, 6.45) is 0. The topological polar surface area (TPSA) is 40.2 Å². The van der Waals surface area contributed by atoms with Gasteiger partial charge in [0.05, 0.1) is 5.69 Å². The summed E-state index contributed by atoms with van der Waals surface area (Å²) in [5.74, 6) is -0.0647. The van der Waals surface area contributed by atoms with Gasteiger partial charge in [0.15, 0.2) is 11.6 Å². The molecule has 3 aromatic rings. The zero-order chi connectivity index (χ0) is 15.5. The summed E-state index contributed by atoms with van der Waals surface area (Å²) < 4.78 is 21.4. The number of nitrogens with zero attached hydrogens (tertiary/aromatic N) is 1. The molecular formula is C18H19FN2O. The smallest absolute Gasteiger partial charge is 0.165 e. The van der Waals surface area contributed by atoms with Gasteiger partial charge in [0.1, 0.15) is 6.61 Å². The summed E-state index contributed by atoms with van der Waals surface area (Å²) >= 11 is 0. The van der Waals surface area contributed by atoms with Crippen LogP contribution in [-0.2, 0) is 19.7 Å². The lowest BCUT2D eigenvalue weighted by Gasteiger charge is -2.10. The number of hydrogen-bond donors (Lipinski definition) is 1. The number of benzene rings is 2. The van der Waals surface area contributed by atoms with E-state index >= 15 is 0 Å². The minimum Gasteiger partial charge on any atom is -0.484 e. The van der Waals surface area contributed by atoms with Crippen molar-refractivity contribution in [3.8, 4) is 5.75 Å². The molecule has 1 aromatic heterocycles. The van der Waals surface area contributed by atoms with Crippen LogP contribution in [0.25, 0.3) is 10.9 Å². The van der Waals surface area contributed by atoms with Crippen LogP contribution in [0.5, 0.6) is 5.75 Å². The molecule has 0 aliphatic carbocycles. The van der Waals surface area contributed by atoms with Crippen molar-refractivity contribution in [1.82, 2.24) is 4.57 Å². The third kappa shape index (κ3) is 2.70. The Bertz CT molecular complexity index is 795. The van der Waals surface area contributed by atoms with Crippen LogP contribution in [0, 0.1) is 5.82 Å². The number of rotatable bonds is 5. The molecule has 0 saturated carbocycles. The van der Waals surface area contributed by atoms with Crippen molar-refractivity contribution in [3.63, 3.8) is 0 Å². The molecule has 0 spiro atoms. The van der Waals surface area contributed by atoms with Crippen molar-refractivity contribution in [3.05, 3.63) is 65.6 Å². The van der Waals surface area contributed by atoms with Crippen molar-refractivity contribution in [1.29, 1.82) is 0 Å². The van der Waals surface area contributed by atoms with Crippen molar-refractivity contribution in [2.24, 2.45) is 5.73 Å². The van der Waals surface area contributed by atoms with Crippen LogP contribution in [0.1, 0.15) is 18.2 Å². The normalized spacial score (nSPS) is 11.0. The summed E-state index contributed by atoms with van der Waals surface area (Å²) in [6, 6.07) is 14.7. The molecule has 0 bridgehead atoms. The summed E-state index contributed by atoms with van der Waals surface area (Å²) in [7, 11) is 0. The number of aromatic nitrogens is 1. The van der Waals surface area contributed by atoms with Crippen LogP contribution < -0.4 is 10.5 Å². The molecular weight excluding hydrogens is 279 g/mol. The van der Waals surface area contributed by atoms with Crippen LogP contribution in [0.4, 0.5) is 4.39 Å². The second-order valence-corrected chi connectivity index (χ2v) is 5.20. The number of aryl methyl sites for hydroxylation is 1. The van der Waals surface area contributed by atoms with Gasteiger partial charge < -0.3 is 15.0 Å². The van der Waals surface area contributed by atoms with Gasteiger partial charge in [-0.3, -0.25) is 0 Å². The van der Waals surface area contributed by atoms with E-state index < -0.39 is 0 Å². The average Bonchev–Trinajstić information content (AvgIpc) is 2.90. The Morgan fingerprint density at radius 1 is 1.14 bits per heavy atom. The maximum absolute atomic E-state index is 13.6. The molecule has 22 heavy (non-hydrogen) atoms. The van der Waals surface area contributed by atoms with Crippen LogP contribution in [0.15, 0.2) is 48.5 Å². The Morgan fingerprint density at radius 2 is 1.95 bits per heavy atom. The molecule has 0 atom stereocenters. The highest BCUT2D eigenvalue weighted by atomic mass is 19.1. The molecule has 1 heterocycles. The first-order valence-electron chi connectivity index (χ1n) is 7.41. The summed E-state index contributed by atoms with van der Waals surface area (Å²) in [6.45, 7) is 3.77. The molecule has 0 saturated heterocycles. The molecule has 0 aliphatic rings. The van der Waals surface area contributed by atoms with Crippen LogP contribution in [0.3, 0.4) is 0 Å². The minimum atomic E-state index is -0.341. The van der Waals surface area contributed by atoms with Gasteiger partial charge in [-0.1, -0.05) is 24.3 Å². The van der Waals surface area contributed by atoms with Crippen molar-refractivity contribution in [2.45, 2.75) is 26.6 Å². The fourth-order valence-corrected chi connectivity index (χ4v) is 2.69. The van der Waals surface area contributed by atoms with Crippen molar-refractivity contribution in [2.75, 3.05) is 0 Å². The van der Waals surface area contributed by atoms with Gasteiger partial charge in [0.2, 0.25) is 0 Å². The number of fused-ring (bicyclic) bond motifs is 1. The van der Waals surface area contributed by atoms with Gasteiger partial charge in [0.25, 0.3) is 0 Å². The van der Waals surface area contributed by atoms with Gasteiger partial charge in [-0.25, -0.2) is 4.39 Å². The fraction of sp³-hybridized carbons (Fsp3) is 0.222. The van der Waals surface area contributed by atoms with Gasteiger partial charge in [-0.2, -0.15) is 0 Å². The van der Waals surface area contributed by atoms with E-state index in [1.807, 2.05) is 6.07 Å². The molecule has 0 unspecified atom stereocenters. The zero-order valence-corrected chi connectivity index (χ0v) is 12.6. The van der Waals surface area contributed by atoms with Crippen LogP contribution in [-0.4, -0.2) is 4.57 Å². The van der Waals surface area contributed by atoms with E-state index in [1.54, 1.807) is 18.2 Å². The molecule has 3 nitrogen and oxygen atoms in total. The van der Waals surface area contributed by atoms with E-state index in [0.29, 0.717) is 13.2 Å². The maximum atomic E-state index is 13.6. The fourth-order valence-electron chi connectivity index (χ4n) is 2.69. The van der Waals surface area contributed by atoms with E-state index in [9.17, 15) is 4.39 Å². The van der Waals surface area contributed by atoms with E-state index in [4.69, 9.17) is 10.5 Å². The van der Waals surface area contributed by atoms with E-state index in [2.05, 4.69) is 29.7 Å². The molecule has 0 fully saturated rings. The predicted molar refractivity (Wildman–Crippen MR) is 86.2 cm³/mol. The first-order valence-corrected chi connectivity index (χ1v) is 7.41. The molecule has 114 valence electrons. The summed E-state index contributed by atoms with van der Waals surface area (Å²) in [5, 5.41) is 1.14. The van der Waals surface area contributed by atoms with Crippen LogP contribution >= 0.6 is 0 Å². The van der Waals surface area contributed by atoms with E-state index in [-0.39, 0.29) is 11.6 Å². The SMILES string of the molecule is CCn1c(COc2ccccc2F)cc2ccc(CN)cc21. The van der Waals surface area contributed by atoms with E-state index in [1.165, 1.54) is 6.07 Å². The number of para-hydroxylation sites is 1. The summed E-state index contributed by atoms with van der Waals surface area (Å²) in [4.78, 5) is 0. The molecule has 0 amide bonds. The van der Waals surface area contributed by atoms with Gasteiger partial charge in [-0.15, -0.1) is 0 Å². The second-order valence-electron chi connectivity index (χ2n) is 5.20. The second kappa shape index (κ2) is 6.20. The number of halogens is 1. The van der Waals surface area contributed by atoms with Gasteiger partial charge in [-0.05, 0) is 36.8 Å². The maximum Gasteiger partial charge on any atom is 0.165 e. The first-order chi connectivity index (χ1) is 10.7. The zero-order valence-electron chi connectivity index (χ0n) is 12.6. The highest BCUT2D eigenvalue weighted by Crippen LogP contribution is 2.23. The Labute approximate surface area is 129 Å². The standard InChI is InChI=1S/C18H19FN2O/c1-2-21-15(12-22-18-6-4-3-5-16(18)19)10-14-8-7-13(11-20)9-17(14)21/h3-10H,2,11-12,20H2,1H3. The molecule has 2 aromatic carbocycles. The van der Waals surface area contributed by atoms with Crippen molar-refractivity contribution < 1.29 is 9.13 Å². The highest BCUT2D eigenvalue weighted by Gasteiger charge is 2.10. The monoisotopic (exact) mass is 298 g/mol. The molecule has 4 heteroatoms. The number of ether oxygens (including phenoxy) is 1. The Balaban J connectivity index is 1.92. The largest absolute Gasteiger partial charge is 0.484 e. The third-order valence-electron chi connectivity index (χ3n) is 3.82. The molecule has 0 aliphatic heterocycles. The molecule has 3 rings (SSSR count). The molecule has 2 N–H and O–H groups in total. The Kier molecular flexibility index (Phi) is 4.11. The lowest BCUT2D eigenvalue weighted by molar-refractivity contribution is 0.281. The number of nitrogens with two attached hydrogens (primary N) is 1. The Hall–Kier alpha value is -2.33. The van der Waals surface area contributed by atoms with Crippen molar-refractivity contribution >= 4 is 10.9 Å². The minimum absolute atomic E-state index is 0.276. The van der Waals surface area contributed by atoms with Gasteiger partial charge in [0, 0.05) is 24.0 Å². The Morgan fingerprint density at radius 3 is 2.68 bits per heavy atom. The quantitative estimate of drug-likeness (QED) is 0.777. The first kappa shape index (κ1) is 14.6. The molecule has 0 radical (unpaired) electrons. The van der Waals surface area contributed by atoms with E-state index in [0.717, 1.165) is 28.7 Å². The predicted octanol–water partition coefficient (Wildman–Crippen LogP) is 3.84. The number of hydrogen-bond acceptors (Lipinski definition) is 2.